The van der Waals surface area contributed by atoms with E-state index in [2.05, 4.69) is 10.1 Å². The minimum absolute atomic E-state index is 0.311. The maximum Gasteiger partial charge on any atom is 0.491 e. The molecule has 6 nitrogen and oxygen atoms in total. The minimum Gasteiger partial charge on any atom is -0.479 e. The molecule has 0 aliphatic rings. The minimum atomic E-state index is -1.53. The van der Waals surface area contributed by atoms with Crippen LogP contribution in [0.4, 0.5) is 0 Å². The van der Waals surface area contributed by atoms with Crippen molar-refractivity contribution in [1.29, 1.82) is 0 Å². The summed E-state index contributed by atoms with van der Waals surface area (Å²) in [6, 6.07) is 3.51. The Balaban J connectivity index is 2.42. The highest BCUT2D eigenvalue weighted by atomic mass is 16.5. The van der Waals surface area contributed by atoms with Gasteiger partial charge in [-0.3, -0.25) is 0 Å². The second kappa shape index (κ2) is 4.34. The molecular weight excluding hydrogens is 209 g/mol. The SMILES string of the molecule is COc1ncccc1-n1cc(B(O)O)cn1. The molecule has 2 aromatic heterocycles. The lowest BCUT2D eigenvalue weighted by Gasteiger charge is -2.05. The van der Waals surface area contributed by atoms with Crippen LogP contribution in [-0.2, 0) is 0 Å². The Morgan fingerprint density at radius 2 is 2.25 bits per heavy atom. The molecule has 0 fully saturated rings. The van der Waals surface area contributed by atoms with Crippen molar-refractivity contribution in [2.75, 3.05) is 7.11 Å². The van der Waals surface area contributed by atoms with E-state index < -0.39 is 7.12 Å². The molecule has 0 radical (unpaired) electrons. The summed E-state index contributed by atoms with van der Waals surface area (Å²) in [6.45, 7) is 0. The second-order valence-corrected chi connectivity index (χ2v) is 3.12. The first-order valence-corrected chi connectivity index (χ1v) is 4.62. The van der Waals surface area contributed by atoms with Crippen molar-refractivity contribution in [3.05, 3.63) is 30.7 Å². The lowest BCUT2D eigenvalue weighted by atomic mass is 9.83. The molecule has 2 aromatic rings. The number of hydrogen-bond donors (Lipinski definition) is 2. The smallest absolute Gasteiger partial charge is 0.479 e. The number of pyridine rings is 1. The average molecular weight is 219 g/mol. The van der Waals surface area contributed by atoms with Gasteiger partial charge in [0, 0.05) is 24.1 Å². The molecule has 0 aromatic carbocycles. The maximum absolute atomic E-state index is 8.97. The number of ether oxygens (including phenoxy) is 1. The van der Waals surface area contributed by atoms with Crippen LogP contribution in [-0.4, -0.2) is 39.0 Å². The predicted octanol–water partition coefficient (Wildman–Crippen LogP) is -1.04. The normalized spacial score (nSPS) is 10.2. The molecule has 2 N–H and O–H groups in total. The third kappa shape index (κ3) is 1.90. The van der Waals surface area contributed by atoms with Crippen molar-refractivity contribution in [3.8, 4) is 11.6 Å². The lowest BCUT2D eigenvalue weighted by molar-refractivity contribution is 0.394. The highest BCUT2D eigenvalue weighted by Crippen LogP contribution is 2.16. The topological polar surface area (TPSA) is 80.4 Å². The fourth-order valence-corrected chi connectivity index (χ4v) is 1.32. The van der Waals surface area contributed by atoms with Crippen LogP contribution < -0.4 is 10.2 Å². The molecule has 0 bridgehead atoms. The molecule has 0 saturated carbocycles. The summed E-state index contributed by atoms with van der Waals surface area (Å²) < 4.78 is 6.55. The monoisotopic (exact) mass is 219 g/mol. The second-order valence-electron chi connectivity index (χ2n) is 3.12. The Kier molecular flexibility index (Phi) is 2.89. The molecular formula is C9H10BN3O3. The molecule has 0 aliphatic heterocycles. The molecule has 0 unspecified atom stereocenters. The van der Waals surface area contributed by atoms with Gasteiger partial charge in [0.25, 0.3) is 0 Å². The molecule has 0 saturated heterocycles. The zero-order valence-corrected chi connectivity index (χ0v) is 8.61. The summed E-state index contributed by atoms with van der Waals surface area (Å²) >= 11 is 0. The first-order valence-electron chi connectivity index (χ1n) is 4.62. The number of nitrogens with zero attached hydrogens (tertiary/aromatic N) is 3. The van der Waals surface area contributed by atoms with E-state index in [0.717, 1.165) is 0 Å². The molecule has 0 atom stereocenters. The van der Waals surface area contributed by atoms with E-state index in [0.29, 0.717) is 17.0 Å². The predicted molar refractivity (Wildman–Crippen MR) is 57.7 cm³/mol. The number of rotatable bonds is 3. The zero-order valence-electron chi connectivity index (χ0n) is 8.61. The van der Waals surface area contributed by atoms with Crippen LogP contribution in [0, 0.1) is 0 Å². The van der Waals surface area contributed by atoms with Crippen LogP contribution in [0.15, 0.2) is 30.7 Å². The van der Waals surface area contributed by atoms with Crippen LogP contribution in [0.5, 0.6) is 5.88 Å². The van der Waals surface area contributed by atoms with Gasteiger partial charge in [-0.25, -0.2) is 9.67 Å². The van der Waals surface area contributed by atoms with Gasteiger partial charge in [-0.1, -0.05) is 0 Å². The first kappa shape index (κ1) is 10.7. The van der Waals surface area contributed by atoms with E-state index in [4.69, 9.17) is 14.8 Å². The summed E-state index contributed by atoms with van der Waals surface area (Å²) in [5.41, 5.74) is 0.947. The number of aromatic nitrogens is 3. The molecule has 16 heavy (non-hydrogen) atoms. The fourth-order valence-electron chi connectivity index (χ4n) is 1.32. The van der Waals surface area contributed by atoms with E-state index in [1.54, 1.807) is 18.3 Å². The van der Waals surface area contributed by atoms with E-state index in [1.165, 1.54) is 24.2 Å². The quantitative estimate of drug-likeness (QED) is 0.644. The van der Waals surface area contributed by atoms with Crippen molar-refractivity contribution >= 4 is 12.6 Å². The molecule has 82 valence electrons. The van der Waals surface area contributed by atoms with Gasteiger partial charge in [0.05, 0.1) is 7.11 Å². The van der Waals surface area contributed by atoms with E-state index in [-0.39, 0.29) is 0 Å². The van der Waals surface area contributed by atoms with E-state index >= 15 is 0 Å². The van der Waals surface area contributed by atoms with Gasteiger partial charge in [0.1, 0.15) is 5.69 Å². The lowest BCUT2D eigenvalue weighted by Crippen LogP contribution is -2.28. The van der Waals surface area contributed by atoms with Crippen molar-refractivity contribution < 1.29 is 14.8 Å². The van der Waals surface area contributed by atoms with E-state index in [1.807, 2.05) is 0 Å². The molecule has 0 amide bonds. The van der Waals surface area contributed by atoms with Crippen molar-refractivity contribution in [2.45, 2.75) is 0 Å². The number of methoxy groups -OCH3 is 1. The summed E-state index contributed by atoms with van der Waals surface area (Å²) in [5, 5.41) is 21.9. The van der Waals surface area contributed by atoms with Crippen molar-refractivity contribution in [3.63, 3.8) is 0 Å². The molecule has 2 rings (SSSR count). The van der Waals surface area contributed by atoms with Gasteiger partial charge in [0.2, 0.25) is 5.88 Å². The Morgan fingerprint density at radius 3 is 2.88 bits per heavy atom. The average Bonchev–Trinajstić information content (AvgIpc) is 2.78. The summed E-state index contributed by atoms with van der Waals surface area (Å²) in [5.74, 6) is 0.421. The third-order valence-electron chi connectivity index (χ3n) is 2.09. The molecule has 0 aliphatic carbocycles. The van der Waals surface area contributed by atoms with E-state index in [9.17, 15) is 0 Å². The number of hydrogen-bond acceptors (Lipinski definition) is 5. The van der Waals surface area contributed by atoms with Crippen molar-refractivity contribution in [2.24, 2.45) is 0 Å². The Hall–Kier alpha value is -1.86. The van der Waals surface area contributed by atoms with Crippen LogP contribution in [0.2, 0.25) is 0 Å². The third-order valence-corrected chi connectivity index (χ3v) is 2.09. The fraction of sp³-hybridized carbons (Fsp3) is 0.111. The summed E-state index contributed by atoms with van der Waals surface area (Å²) in [7, 11) is -0.0200. The van der Waals surface area contributed by atoms with Crippen LogP contribution in [0.1, 0.15) is 0 Å². The van der Waals surface area contributed by atoms with Gasteiger partial charge in [0.15, 0.2) is 0 Å². The van der Waals surface area contributed by atoms with Crippen LogP contribution in [0.25, 0.3) is 5.69 Å². The van der Waals surface area contributed by atoms with Crippen molar-refractivity contribution in [1.82, 2.24) is 14.8 Å². The molecule has 0 spiro atoms. The molecule has 7 heteroatoms. The van der Waals surface area contributed by atoms with Crippen LogP contribution >= 0.6 is 0 Å². The Labute approximate surface area is 92.3 Å². The van der Waals surface area contributed by atoms with Gasteiger partial charge >= 0.3 is 7.12 Å². The standard InChI is InChI=1S/C9H10BN3O3/c1-16-9-8(3-2-4-11-9)13-6-7(5-12-13)10(14)15/h2-6,14-15H,1H3. The van der Waals surface area contributed by atoms with Gasteiger partial charge < -0.3 is 14.8 Å². The Bertz CT molecular complexity index is 486. The van der Waals surface area contributed by atoms with Gasteiger partial charge in [-0.15, -0.1) is 0 Å². The summed E-state index contributed by atoms with van der Waals surface area (Å²) in [6.07, 6.45) is 4.48. The largest absolute Gasteiger partial charge is 0.491 e. The highest BCUT2D eigenvalue weighted by molar-refractivity contribution is 6.58. The van der Waals surface area contributed by atoms with Gasteiger partial charge in [-0.2, -0.15) is 5.10 Å². The highest BCUT2D eigenvalue weighted by Gasteiger charge is 2.15. The Morgan fingerprint density at radius 1 is 1.44 bits per heavy atom. The molecule has 2 heterocycles. The van der Waals surface area contributed by atoms with Crippen LogP contribution in [0.3, 0.4) is 0 Å². The van der Waals surface area contributed by atoms with Gasteiger partial charge in [-0.05, 0) is 12.1 Å². The maximum atomic E-state index is 8.97. The first-order chi connectivity index (χ1) is 7.72. The zero-order chi connectivity index (χ0) is 11.5. The summed E-state index contributed by atoms with van der Waals surface area (Å²) in [4.78, 5) is 4.02.